The maximum absolute atomic E-state index is 13.9. The molecule has 178 valence electrons. The van der Waals surface area contributed by atoms with Gasteiger partial charge >= 0.3 is 0 Å². The van der Waals surface area contributed by atoms with Gasteiger partial charge in [0.1, 0.15) is 28.9 Å². The highest BCUT2D eigenvalue weighted by atomic mass is 32.1. The Labute approximate surface area is 199 Å². The second-order valence-electron chi connectivity index (χ2n) is 7.69. The number of rotatable bonds is 6. The van der Waals surface area contributed by atoms with Crippen LogP contribution in [0.25, 0.3) is 10.6 Å². The molecule has 1 saturated heterocycles. The van der Waals surface area contributed by atoms with Crippen LogP contribution in [0.15, 0.2) is 41.8 Å². The summed E-state index contributed by atoms with van der Waals surface area (Å²) >= 11 is 1.32. The third-order valence-electron chi connectivity index (χ3n) is 5.58. The van der Waals surface area contributed by atoms with E-state index in [1.54, 1.807) is 33.4 Å². The third-order valence-corrected chi connectivity index (χ3v) is 6.47. The van der Waals surface area contributed by atoms with E-state index >= 15 is 0 Å². The van der Waals surface area contributed by atoms with Crippen molar-refractivity contribution in [1.82, 2.24) is 14.8 Å². The molecule has 1 fully saturated rings. The van der Waals surface area contributed by atoms with Crippen molar-refractivity contribution in [2.45, 2.75) is 13.5 Å². The number of thiazole rings is 1. The van der Waals surface area contributed by atoms with Gasteiger partial charge in [-0.3, -0.25) is 9.59 Å². The normalized spacial score (nSPS) is 13.6. The zero-order valence-electron chi connectivity index (χ0n) is 18.7. The summed E-state index contributed by atoms with van der Waals surface area (Å²) in [5.74, 6) is -0.840. The number of methoxy groups -OCH3 is 1. The molecule has 0 unspecified atom stereocenters. The van der Waals surface area contributed by atoms with E-state index in [0.717, 1.165) is 0 Å². The van der Waals surface area contributed by atoms with E-state index in [1.807, 2.05) is 0 Å². The van der Waals surface area contributed by atoms with E-state index in [-0.39, 0.29) is 24.0 Å². The molecule has 0 radical (unpaired) electrons. The summed E-state index contributed by atoms with van der Waals surface area (Å²) in [4.78, 5) is 32.2. The number of piperazine rings is 1. The number of aromatic nitrogens is 1. The van der Waals surface area contributed by atoms with Crippen molar-refractivity contribution < 1.29 is 27.8 Å². The van der Waals surface area contributed by atoms with Crippen LogP contribution in [0, 0.1) is 11.6 Å². The van der Waals surface area contributed by atoms with Gasteiger partial charge in [0.05, 0.1) is 12.7 Å². The predicted molar refractivity (Wildman–Crippen MR) is 123 cm³/mol. The van der Waals surface area contributed by atoms with Crippen LogP contribution in [0.5, 0.6) is 11.5 Å². The first-order valence-electron chi connectivity index (χ1n) is 10.6. The van der Waals surface area contributed by atoms with Gasteiger partial charge in [0.2, 0.25) is 5.91 Å². The summed E-state index contributed by atoms with van der Waals surface area (Å²) in [6, 6.07) is 8.72. The van der Waals surface area contributed by atoms with Crippen LogP contribution in [0.3, 0.4) is 0 Å². The summed E-state index contributed by atoms with van der Waals surface area (Å²) in [5.41, 5.74) is 0.887. The van der Waals surface area contributed by atoms with Crippen LogP contribution in [-0.2, 0) is 11.4 Å². The molecular weight excluding hydrogens is 464 g/mol. The number of carbonyl (C=O) groups is 2. The summed E-state index contributed by atoms with van der Waals surface area (Å²) in [6.07, 6.45) is 0. The van der Waals surface area contributed by atoms with Crippen LogP contribution in [-0.4, -0.2) is 59.9 Å². The second-order valence-corrected chi connectivity index (χ2v) is 8.55. The lowest BCUT2D eigenvalue weighted by Crippen LogP contribution is -2.50. The van der Waals surface area contributed by atoms with E-state index in [9.17, 15) is 18.4 Å². The van der Waals surface area contributed by atoms with Crippen molar-refractivity contribution >= 4 is 23.2 Å². The van der Waals surface area contributed by atoms with Crippen molar-refractivity contribution in [3.05, 3.63) is 64.7 Å². The second kappa shape index (κ2) is 10.2. The van der Waals surface area contributed by atoms with Crippen LogP contribution in [0.1, 0.15) is 23.0 Å². The summed E-state index contributed by atoms with van der Waals surface area (Å²) < 4.78 is 38.7. The fraction of sp³-hybridized carbons (Fsp3) is 0.292. The van der Waals surface area contributed by atoms with Gasteiger partial charge in [-0.05, 0) is 30.3 Å². The van der Waals surface area contributed by atoms with Gasteiger partial charge in [-0.1, -0.05) is 6.07 Å². The van der Waals surface area contributed by atoms with Crippen molar-refractivity contribution in [2.24, 2.45) is 0 Å². The Morgan fingerprint density at radius 1 is 1.03 bits per heavy atom. The average Bonchev–Trinajstić information content (AvgIpc) is 3.33. The molecule has 1 aliphatic rings. The van der Waals surface area contributed by atoms with Gasteiger partial charge in [-0.25, -0.2) is 13.8 Å². The van der Waals surface area contributed by atoms with E-state index in [1.165, 1.54) is 43.6 Å². The van der Waals surface area contributed by atoms with Gasteiger partial charge < -0.3 is 19.3 Å². The molecule has 10 heteroatoms. The number of nitrogens with zero attached hydrogens (tertiary/aromatic N) is 3. The minimum Gasteiger partial charge on any atom is -0.493 e. The molecule has 2 amide bonds. The lowest BCUT2D eigenvalue weighted by atomic mass is 10.2. The number of carbonyl (C=O) groups excluding carboxylic acids is 2. The predicted octanol–water partition coefficient (Wildman–Crippen LogP) is 3.98. The van der Waals surface area contributed by atoms with Gasteiger partial charge in [0, 0.05) is 44.0 Å². The molecule has 3 aromatic rings. The average molecular weight is 488 g/mol. The smallest absolute Gasteiger partial charge is 0.273 e. The summed E-state index contributed by atoms with van der Waals surface area (Å²) in [7, 11) is 1.47. The largest absolute Gasteiger partial charge is 0.493 e. The van der Waals surface area contributed by atoms with E-state index < -0.39 is 11.6 Å². The van der Waals surface area contributed by atoms with Gasteiger partial charge in [0.25, 0.3) is 5.91 Å². The molecule has 0 bridgehead atoms. The highest BCUT2D eigenvalue weighted by Gasteiger charge is 2.25. The minimum atomic E-state index is -0.682. The Morgan fingerprint density at radius 3 is 2.35 bits per heavy atom. The molecule has 4 rings (SSSR count). The maximum atomic E-state index is 13.9. The van der Waals surface area contributed by atoms with Crippen molar-refractivity contribution in [3.63, 3.8) is 0 Å². The first-order chi connectivity index (χ1) is 16.4. The van der Waals surface area contributed by atoms with Crippen molar-refractivity contribution in [3.8, 4) is 22.1 Å². The lowest BCUT2D eigenvalue weighted by Gasteiger charge is -2.33. The highest BCUT2D eigenvalue weighted by molar-refractivity contribution is 7.13. The van der Waals surface area contributed by atoms with E-state index in [0.29, 0.717) is 53.9 Å². The molecule has 7 nitrogen and oxygen atoms in total. The number of hydrogen-bond donors (Lipinski definition) is 0. The van der Waals surface area contributed by atoms with Crippen LogP contribution >= 0.6 is 11.3 Å². The topological polar surface area (TPSA) is 72.0 Å². The molecule has 2 aromatic carbocycles. The number of halogens is 2. The molecule has 0 N–H and O–H groups in total. The Bertz CT molecular complexity index is 1190. The Morgan fingerprint density at radius 2 is 1.71 bits per heavy atom. The first kappa shape index (κ1) is 23.6. The van der Waals surface area contributed by atoms with Gasteiger partial charge in [-0.15, -0.1) is 11.3 Å². The SMILES string of the molecule is COc1cc(-c2nc(C(=O)N3CCN(C(C)=O)CC3)cs2)ccc1OCc1c(F)cccc1F. The Kier molecular flexibility index (Phi) is 7.06. The van der Waals surface area contributed by atoms with E-state index in [4.69, 9.17) is 9.47 Å². The first-order valence-corrected chi connectivity index (χ1v) is 11.5. The number of ether oxygens (including phenoxy) is 2. The van der Waals surface area contributed by atoms with Gasteiger partial charge in [0.15, 0.2) is 11.5 Å². The molecule has 1 aromatic heterocycles. The fourth-order valence-electron chi connectivity index (χ4n) is 3.63. The van der Waals surface area contributed by atoms with Crippen molar-refractivity contribution in [1.29, 1.82) is 0 Å². The summed E-state index contributed by atoms with van der Waals surface area (Å²) in [6.45, 7) is 3.18. The Balaban J connectivity index is 1.46. The molecule has 1 aliphatic heterocycles. The monoisotopic (exact) mass is 487 g/mol. The zero-order chi connectivity index (χ0) is 24.2. The quantitative estimate of drug-likeness (QED) is 0.526. The van der Waals surface area contributed by atoms with E-state index in [2.05, 4.69) is 4.98 Å². The molecule has 34 heavy (non-hydrogen) atoms. The Hall–Kier alpha value is -3.53. The number of hydrogen-bond acceptors (Lipinski definition) is 6. The maximum Gasteiger partial charge on any atom is 0.273 e. The molecule has 0 atom stereocenters. The fourth-order valence-corrected chi connectivity index (χ4v) is 4.42. The van der Waals surface area contributed by atoms with Gasteiger partial charge in [-0.2, -0.15) is 0 Å². The van der Waals surface area contributed by atoms with Crippen LogP contribution in [0.2, 0.25) is 0 Å². The van der Waals surface area contributed by atoms with Crippen LogP contribution < -0.4 is 9.47 Å². The van der Waals surface area contributed by atoms with Crippen LogP contribution in [0.4, 0.5) is 8.78 Å². The molecule has 0 spiro atoms. The summed E-state index contributed by atoms with van der Waals surface area (Å²) in [5, 5.41) is 2.32. The number of benzene rings is 2. The lowest BCUT2D eigenvalue weighted by molar-refractivity contribution is -0.130. The standard InChI is InChI=1S/C24H23F2N3O4S/c1-15(30)28-8-10-29(11-9-28)24(31)20-14-34-23(27-20)16-6-7-21(22(12-16)32-2)33-13-17-18(25)4-3-5-19(17)26/h3-7,12,14H,8-11,13H2,1-2H3. The molecule has 2 heterocycles. The molecular formula is C24H23F2N3O4S. The molecule has 0 saturated carbocycles. The third kappa shape index (κ3) is 5.01. The van der Waals surface area contributed by atoms with Crippen molar-refractivity contribution in [2.75, 3.05) is 33.3 Å². The minimum absolute atomic E-state index is 0.00320. The molecule has 0 aliphatic carbocycles. The zero-order valence-corrected chi connectivity index (χ0v) is 19.5. The number of amides is 2. The highest BCUT2D eigenvalue weighted by Crippen LogP contribution is 2.34.